The van der Waals surface area contributed by atoms with Crippen LogP contribution < -0.4 is 0 Å². The number of rotatable bonds is 0. The molecule has 1 N–H and O–H groups in total. The van der Waals surface area contributed by atoms with E-state index in [-0.39, 0.29) is 0 Å². The van der Waals surface area contributed by atoms with Crippen molar-refractivity contribution in [2.75, 3.05) is 0 Å². The molecule has 2 nitrogen and oxygen atoms in total. The third kappa shape index (κ3) is 5.00. The summed E-state index contributed by atoms with van der Waals surface area (Å²) in [5, 5.41) is 9.28. The van der Waals surface area contributed by atoms with Crippen molar-refractivity contribution >= 4 is 5.78 Å². The lowest BCUT2D eigenvalue weighted by Crippen LogP contribution is -2.15. The van der Waals surface area contributed by atoms with Crippen molar-refractivity contribution in [3.8, 4) is 23.7 Å². The van der Waals surface area contributed by atoms with Gasteiger partial charge >= 0.3 is 0 Å². The SMILES string of the molecule is CC(C)(O)C#CC(=O)C#Cc1ccccc1. The van der Waals surface area contributed by atoms with Gasteiger partial charge in [0, 0.05) is 5.56 Å². The molecule has 0 saturated heterocycles. The molecule has 1 aromatic rings. The molecule has 0 spiro atoms. The van der Waals surface area contributed by atoms with Crippen molar-refractivity contribution < 1.29 is 9.90 Å². The first-order chi connectivity index (χ1) is 7.47. The lowest BCUT2D eigenvalue weighted by atomic mass is 10.1. The van der Waals surface area contributed by atoms with Gasteiger partial charge in [0.25, 0.3) is 5.78 Å². The van der Waals surface area contributed by atoms with E-state index in [1.165, 1.54) is 13.8 Å². The van der Waals surface area contributed by atoms with E-state index in [0.29, 0.717) is 0 Å². The van der Waals surface area contributed by atoms with E-state index in [1.807, 2.05) is 30.3 Å². The summed E-state index contributed by atoms with van der Waals surface area (Å²) in [7, 11) is 0. The van der Waals surface area contributed by atoms with Gasteiger partial charge < -0.3 is 5.11 Å². The minimum absolute atomic E-state index is 0.494. The number of Topliss-reactive ketones (excluding diaryl/α,β-unsaturated/α-hetero) is 1. The van der Waals surface area contributed by atoms with E-state index >= 15 is 0 Å². The van der Waals surface area contributed by atoms with Gasteiger partial charge in [-0.2, -0.15) is 0 Å². The van der Waals surface area contributed by atoms with Gasteiger partial charge in [-0.15, -0.1) is 0 Å². The standard InChI is InChI=1S/C14H12O2/c1-14(2,16)11-10-13(15)9-8-12-6-4-3-5-7-12/h3-7,16H,1-2H3. The molecule has 0 aliphatic carbocycles. The maximum absolute atomic E-state index is 11.2. The minimum Gasteiger partial charge on any atom is -0.378 e. The average molecular weight is 212 g/mol. The predicted molar refractivity (Wildman–Crippen MR) is 62.4 cm³/mol. The molecule has 0 aliphatic rings. The highest BCUT2D eigenvalue weighted by Crippen LogP contribution is 1.96. The van der Waals surface area contributed by atoms with Crippen LogP contribution in [-0.4, -0.2) is 16.5 Å². The third-order valence-corrected chi connectivity index (χ3v) is 1.58. The largest absolute Gasteiger partial charge is 0.378 e. The van der Waals surface area contributed by atoms with E-state index in [0.717, 1.165) is 5.56 Å². The van der Waals surface area contributed by atoms with Crippen LogP contribution >= 0.6 is 0 Å². The molecule has 2 heteroatoms. The Morgan fingerprint density at radius 2 is 1.81 bits per heavy atom. The second kappa shape index (κ2) is 5.16. The second-order valence-electron chi connectivity index (χ2n) is 3.75. The van der Waals surface area contributed by atoms with Gasteiger partial charge in [0.15, 0.2) is 0 Å². The molecule has 80 valence electrons. The fourth-order valence-electron chi connectivity index (χ4n) is 0.891. The Hall–Kier alpha value is -2.03. The number of carbonyl (C=O) groups is 1. The maximum Gasteiger partial charge on any atom is 0.279 e. The van der Waals surface area contributed by atoms with Crippen LogP contribution in [0, 0.1) is 23.7 Å². The molecular weight excluding hydrogens is 200 g/mol. The van der Waals surface area contributed by atoms with Crippen LogP contribution in [0.5, 0.6) is 0 Å². The summed E-state index contributed by atoms with van der Waals surface area (Å²) in [5.41, 5.74) is -0.398. The quantitative estimate of drug-likeness (QED) is 0.521. The molecular formula is C14H12O2. The van der Waals surface area contributed by atoms with E-state index in [9.17, 15) is 9.90 Å². The summed E-state index contributed by atoms with van der Waals surface area (Å²) in [6, 6.07) is 9.18. The highest BCUT2D eigenvalue weighted by Gasteiger charge is 2.06. The van der Waals surface area contributed by atoms with Crippen LogP contribution in [0.2, 0.25) is 0 Å². The summed E-state index contributed by atoms with van der Waals surface area (Å²) in [4.78, 5) is 11.2. The fourth-order valence-corrected chi connectivity index (χ4v) is 0.891. The summed E-state index contributed by atoms with van der Waals surface area (Å²) < 4.78 is 0. The molecule has 0 saturated carbocycles. The zero-order valence-corrected chi connectivity index (χ0v) is 9.24. The Morgan fingerprint density at radius 1 is 1.19 bits per heavy atom. The normalized spacial score (nSPS) is 9.44. The smallest absolute Gasteiger partial charge is 0.279 e. The number of hydrogen-bond acceptors (Lipinski definition) is 2. The van der Waals surface area contributed by atoms with Crippen LogP contribution in [0.3, 0.4) is 0 Å². The Balaban J connectivity index is 2.73. The van der Waals surface area contributed by atoms with Crippen LogP contribution in [0.1, 0.15) is 19.4 Å². The maximum atomic E-state index is 11.2. The van der Waals surface area contributed by atoms with Crippen LogP contribution in [0.25, 0.3) is 0 Å². The zero-order chi connectivity index (χ0) is 12.0. The second-order valence-corrected chi connectivity index (χ2v) is 3.75. The van der Waals surface area contributed by atoms with E-state index < -0.39 is 11.4 Å². The van der Waals surface area contributed by atoms with Crippen molar-refractivity contribution in [2.45, 2.75) is 19.4 Å². The first-order valence-electron chi connectivity index (χ1n) is 4.84. The van der Waals surface area contributed by atoms with Gasteiger partial charge in [-0.05, 0) is 37.8 Å². The van der Waals surface area contributed by atoms with Gasteiger partial charge in [0.05, 0.1) is 0 Å². The molecule has 1 aromatic carbocycles. The number of benzene rings is 1. The number of hydrogen-bond donors (Lipinski definition) is 1. The van der Waals surface area contributed by atoms with Gasteiger partial charge in [-0.25, -0.2) is 0 Å². The molecule has 0 unspecified atom stereocenters. The highest BCUT2D eigenvalue weighted by atomic mass is 16.3. The average Bonchev–Trinajstić information content (AvgIpc) is 2.24. The Morgan fingerprint density at radius 3 is 2.38 bits per heavy atom. The van der Waals surface area contributed by atoms with Gasteiger partial charge in [0.1, 0.15) is 5.60 Å². The number of aliphatic hydroxyl groups is 1. The molecule has 0 fully saturated rings. The number of carbonyl (C=O) groups excluding carboxylic acids is 1. The van der Waals surface area contributed by atoms with Crippen molar-refractivity contribution in [3.63, 3.8) is 0 Å². The first-order valence-corrected chi connectivity index (χ1v) is 4.84. The van der Waals surface area contributed by atoms with Gasteiger partial charge in [-0.1, -0.05) is 30.0 Å². The Kier molecular flexibility index (Phi) is 3.89. The number of ketones is 1. The molecule has 1 rings (SSSR count). The summed E-state index contributed by atoms with van der Waals surface area (Å²) in [5.74, 6) is 9.29. The van der Waals surface area contributed by atoms with E-state index in [4.69, 9.17) is 0 Å². The topological polar surface area (TPSA) is 37.3 Å². The molecule has 0 aromatic heterocycles. The van der Waals surface area contributed by atoms with Crippen molar-refractivity contribution in [2.24, 2.45) is 0 Å². The predicted octanol–water partition coefficient (Wildman–Crippen LogP) is 1.38. The Labute approximate surface area is 95.3 Å². The molecule has 0 atom stereocenters. The zero-order valence-electron chi connectivity index (χ0n) is 9.24. The summed E-state index contributed by atoms with van der Waals surface area (Å²) in [6.07, 6.45) is 0. The molecule has 0 bridgehead atoms. The highest BCUT2D eigenvalue weighted by molar-refractivity contribution is 6.09. The lowest BCUT2D eigenvalue weighted by molar-refractivity contribution is -0.109. The Bertz CT molecular complexity index is 485. The molecule has 0 radical (unpaired) electrons. The lowest BCUT2D eigenvalue weighted by Gasteiger charge is -2.04. The van der Waals surface area contributed by atoms with Gasteiger partial charge in [-0.3, -0.25) is 4.79 Å². The fraction of sp³-hybridized carbons (Fsp3) is 0.214. The minimum atomic E-state index is -1.16. The monoisotopic (exact) mass is 212 g/mol. The van der Waals surface area contributed by atoms with Crippen LogP contribution in [0.4, 0.5) is 0 Å². The molecule has 0 aliphatic heterocycles. The van der Waals surface area contributed by atoms with E-state index in [2.05, 4.69) is 23.7 Å². The first kappa shape index (κ1) is 12.0. The van der Waals surface area contributed by atoms with Crippen molar-refractivity contribution in [1.29, 1.82) is 0 Å². The van der Waals surface area contributed by atoms with Crippen molar-refractivity contribution in [1.82, 2.24) is 0 Å². The van der Waals surface area contributed by atoms with Crippen LogP contribution in [0.15, 0.2) is 30.3 Å². The summed E-state index contributed by atoms with van der Waals surface area (Å²) >= 11 is 0. The molecule has 16 heavy (non-hydrogen) atoms. The molecule has 0 heterocycles. The summed E-state index contributed by atoms with van der Waals surface area (Å²) in [6.45, 7) is 3.02. The molecule has 0 amide bonds. The van der Waals surface area contributed by atoms with E-state index in [1.54, 1.807) is 0 Å². The van der Waals surface area contributed by atoms with Crippen molar-refractivity contribution in [3.05, 3.63) is 35.9 Å². The van der Waals surface area contributed by atoms with Crippen LogP contribution in [-0.2, 0) is 4.79 Å². The third-order valence-electron chi connectivity index (χ3n) is 1.58. The van der Waals surface area contributed by atoms with Gasteiger partial charge in [0.2, 0.25) is 0 Å².